The molecule has 0 aliphatic carbocycles. The van der Waals surface area contributed by atoms with Crippen molar-refractivity contribution >= 4 is 11.6 Å². The molecule has 2 atom stereocenters. The maximum atomic E-state index is 5.93. The van der Waals surface area contributed by atoms with Gasteiger partial charge < -0.3 is 4.74 Å². The van der Waals surface area contributed by atoms with Crippen LogP contribution in [0.25, 0.3) is 0 Å². The van der Waals surface area contributed by atoms with E-state index in [0.717, 1.165) is 12.0 Å². The fraction of sp³-hybridized carbons (Fsp3) is 0.455. The van der Waals surface area contributed by atoms with E-state index in [4.69, 9.17) is 22.2 Å². The van der Waals surface area contributed by atoms with Gasteiger partial charge in [0.15, 0.2) is 0 Å². The summed E-state index contributed by atoms with van der Waals surface area (Å²) in [4.78, 5) is 0. The highest BCUT2D eigenvalue weighted by Crippen LogP contribution is 2.22. The number of hydrogen-bond acceptors (Lipinski definition) is 3. The lowest BCUT2D eigenvalue weighted by Crippen LogP contribution is -2.37. The van der Waals surface area contributed by atoms with Crippen LogP contribution >= 0.6 is 11.6 Å². The van der Waals surface area contributed by atoms with Crippen LogP contribution in [0.2, 0.25) is 5.02 Å². The van der Waals surface area contributed by atoms with Crippen molar-refractivity contribution in [1.29, 1.82) is 0 Å². The number of halogens is 1. The first-order valence-corrected chi connectivity index (χ1v) is 5.35. The molecule has 0 aliphatic rings. The van der Waals surface area contributed by atoms with E-state index < -0.39 is 0 Å². The summed E-state index contributed by atoms with van der Waals surface area (Å²) < 4.78 is 5.36. The summed E-state index contributed by atoms with van der Waals surface area (Å²) in [5.41, 5.74) is 3.80. The second-order valence-corrected chi connectivity index (χ2v) is 3.82. The van der Waals surface area contributed by atoms with Gasteiger partial charge >= 0.3 is 0 Å². The minimum Gasteiger partial charge on any atom is -0.379 e. The summed E-state index contributed by atoms with van der Waals surface area (Å²) in [5, 5.41) is 0.707. The highest BCUT2D eigenvalue weighted by molar-refractivity contribution is 6.30. The molecule has 15 heavy (non-hydrogen) atoms. The quantitative estimate of drug-likeness (QED) is 0.601. The van der Waals surface area contributed by atoms with Crippen LogP contribution in [0.3, 0.4) is 0 Å². The Morgan fingerprint density at radius 3 is 2.73 bits per heavy atom. The largest absolute Gasteiger partial charge is 0.379 e. The number of methoxy groups -OCH3 is 1. The fourth-order valence-electron chi connectivity index (χ4n) is 1.66. The molecule has 0 heterocycles. The van der Waals surface area contributed by atoms with Gasteiger partial charge in [-0.1, -0.05) is 30.7 Å². The van der Waals surface area contributed by atoms with Crippen molar-refractivity contribution in [2.45, 2.75) is 25.5 Å². The maximum absolute atomic E-state index is 5.93. The SMILES string of the molecule is CCC(OC)C(NN)c1cccc(Cl)c1. The third kappa shape index (κ3) is 3.18. The van der Waals surface area contributed by atoms with E-state index in [1.807, 2.05) is 24.3 Å². The monoisotopic (exact) mass is 228 g/mol. The third-order valence-electron chi connectivity index (χ3n) is 2.46. The second kappa shape index (κ2) is 6.08. The Balaban J connectivity index is 2.90. The highest BCUT2D eigenvalue weighted by Gasteiger charge is 2.20. The summed E-state index contributed by atoms with van der Waals surface area (Å²) in [6, 6.07) is 7.60. The molecule has 0 saturated carbocycles. The zero-order chi connectivity index (χ0) is 11.3. The van der Waals surface area contributed by atoms with Crippen LogP contribution in [-0.2, 0) is 4.74 Å². The smallest absolute Gasteiger partial charge is 0.0776 e. The Bertz CT molecular complexity index is 302. The van der Waals surface area contributed by atoms with Crippen LogP contribution in [0.1, 0.15) is 24.9 Å². The first-order chi connectivity index (χ1) is 7.22. The van der Waals surface area contributed by atoms with Crippen molar-refractivity contribution in [1.82, 2.24) is 5.43 Å². The molecule has 0 saturated heterocycles. The predicted molar refractivity (Wildman–Crippen MR) is 62.6 cm³/mol. The van der Waals surface area contributed by atoms with Crippen molar-refractivity contribution in [3.8, 4) is 0 Å². The van der Waals surface area contributed by atoms with Gasteiger partial charge in [-0.25, -0.2) is 0 Å². The van der Waals surface area contributed by atoms with E-state index >= 15 is 0 Å². The van der Waals surface area contributed by atoms with Crippen LogP contribution in [0.5, 0.6) is 0 Å². The molecular formula is C11H17ClN2O. The summed E-state index contributed by atoms with van der Waals surface area (Å²) in [6.07, 6.45) is 0.936. The van der Waals surface area contributed by atoms with Gasteiger partial charge in [0.2, 0.25) is 0 Å². The van der Waals surface area contributed by atoms with Crippen molar-refractivity contribution in [3.63, 3.8) is 0 Å². The predicted octanol–water partition coefficient (Wildman–Crippen LogP) is 2.27. The third-order valence-corrected chi connectivity index (χ3v) is 2.70. The van der Waals surface area contributed by atoms with Crippen LogP contribution < -0.4 is 11.3 Å². The van der Waals surface area contributed by atoms with Crippen LogP contribution in [-0.4, -0.2) is 13.2 Å². The minimum atomic E-state index is -0.0290. The molecule has 0 bridgehead atoms. The molecule has 84 valence electrons. The summed E-state index contributed by atoms with van der Waals surface area (Å²) >= 11 is 5.93. The molecule has 3 N–H and O–H groups in total. The number of ether oxygens (including phenoxy) is 1. The number of hydrogen-bond donors (Lipinski definition) is 2. The van der Waals surface area contributed by atoms with Gasteiger partial charge in [0.1, 0.15) is 0 Å². The Morgan fingerprint density at radius 2 is 2.27 bits per heavy atom. The van der Waals surface area contributed by atoms with Crippen LogP contribution in [0.4, 0.5) is 0 Å². The number of benzene rings is 1. The van der Waals surface area contributed by atoms with Crippen molar-refractivity contribution in [3.05, 3.63) is 34.9 Å². The first kappa shape index (κ1) is 12.5. The summed E-state index contributed by atoms with van der Waals surface area (Å²) in [6.45, 7) is 2.06. The van der Waals surface area contributed by atoms with Gasteiger partial charge in [0.25, 0.3) is 0 Å². The molecule has 1 aromatic rings. The number of nitrogens with two attached hydrogens (primary N) is 1. The highest BCUT2D eigenvalue weighted by atomic mass is 35.5. The summed E-state index contributed by atoms with van der Waals surface area (Å²) in [5.74, 6) is 5.53. The molecule has 0 aliphatic heterocycles. The van der Waals surface area contributed by atoms with E-state index in [0.29, 0.717) is 5.02 Å². The Labute approximate surface area is 95.5 Å². The molecule has 3 nitrogen and oxygen atoms in total. The van der Waals surface area contributed by atoms with Gasteiger partial charge in [-0.15, -0.1) is 0 Å². The zero-order valence-electron chi connectivity index (χ0n) is 9.03. The first-order valence-electron chi connectivity index (χ1n) is 4.97. The molecule has 1 rings (SSSR count). The van der Waals surface area contributed by atoms with E-state index in [2.05, 4.69) is 12.3 Å². The Morgan fingerprint density at radius 1 is 1.53 bits per heavy atom. The minimum absolute atomic E-state index is 0.0290. The molecule has 0 amide bonds. The van der Waals surface area contributed by atoms with Crippen LogP contribution in [0.15, 0.2) is 24.3 Å². The lowest BCUT2D eigenvalue weighted by molar-refractivity contribution is 0.0651. The molecule has 2 unspecified atom stereocenters. The van der Waals surface area contributed by atoms with E-state index in [-0.39, 0.29) is 12.1 Å². The van der Waals surface area contributed by atoms with Gasteiger partial charge in [0.05, 0.1) is 12.1 Å². The summed E-state index contributed by atoms with van der Waals surface area (Å²) in [7, 11) is 1.68. The van der Waals surface area contributed by atoms with Crippen molar-refractivity contribution < 1.29 is 4.74 Å². The lowest BCUT2D eigenvalue weighted by atomic mass is 10.0. The van der Waals surface area contributed by atoms with Gasteiger partial charge in [-0.05, 0) is 24.1 Å². The number of hydrazine groups is 1. The average molecular weight is 229 g/mol. The normalized spacial score (nSPS) is 14.9. The van der Waals surface area contributed by atoms with E-state index in [1.54, 1.807) is 7.11 Å². The average Bonchev–Trinajstić information content (AvgIpc) is 2.25. The van der Waals surface area contributed by atoms with Crippen LogP contribution in [0, 0.1) is 0 Å². The van der Waals surface area contributed by atoms with Gasteiger partial charge in [-0.2, -0.15) is 0 Å². The van der Waals surface area contributed by atoms with Gasteiger partial charge in [-0.3, -0.25) is 11.3 Å². The molecule has 0 aromatic heterocycles. The number of rotatable bonds is 5. The molecule has 0 radical (unpaired) electrons. The standard InChI is InChI=1S/C11H17ClN2O/c1-3-10(15-2)11(14-13)8-5-4-6-9(12)7-8/h4-7,10-11,14H,3,13H2,1-2H3. The van der Waals surface area contributed by atoms with E-state index in [1.165, 1.54) is 0 Å². The number of nitrogens with one attached hydrogen (secondary N) is 1. The van der Waals surface area contributed by atoms with Gasteiger partial charge in [0, 0.05) is 12.1 Å². The molecule has 0 spiro atoms. The molecule has 1 aromatic carbocycles. The zero-order valence-corrected chi connectivity index (χ0v) is 9.79. The Hall–Kier alpha value is -0.610. The topological polar surface area (TPSA) is 47.3 Å². The second-order valence-electron chi connectivity index (χ2n) is 3.38. The maximum Gasteiger partial charge on any atom is 0.0776 e. The van der Waals surface area contributed by atoms with E-state index in [9.17, 15) is 0 Å². The van der Waals surface area contributed by atoms with Crippen molar-refractivity contribution in [2.75, 3.05) is 7.11 Å². The molecule has 0 fully saturated rings. The molecular weight excluding hydrogens is 212 g/mol. The Kier molecular flexibility index (Phi) is 5.05. The van der Waals surface area contributed by atoms with Crippen molar-refractivity contribution in [2.24, 2.45) is 5.84 Å². The fourth-order valence-corrected chi connectivity index (χ4v) is 1.86. The lowest BCUT2D eigenvalue weighted by Gasteiger charge is -2.24. The molecule has 4 heteroatoms.